The Hall–Kier alpha value is -1.99. The fraction of sp³-hybridized carbons (Fsp3) is 0.550. The number of methoxy groups -OCH3 is 1. The molecule has 27 heavy (non-hydrogen) atoms. The Balaban J connectivity index is 1.87. The van der Waals surface area contributed by atoms with E-state index >= 15 is 0 Å². The van der Waals surface area contributed by atoms with E-state index in [0.717, 1.165) is 17.3 Å². The number of halogens is 2. The molecule has 1 aliphatic carbocycles. The maximum atomic E-state index is 14.3. The van der Waals surface area contributed by atoms with Gasteiger partial charge in [0.15, 0.2) is 5.82 Å². The monoisotopic (exact) mass is 379 g/mol. The molecule has 1 aromatic carbocycles. The van der Waals surface area contributed by atoms with Gasteiger partial charge in [-0.05, 0) is 31.9 Å². The summed E-state index contributed by atoms with van der Waals surface area (Å²) < 4.78 is 40.0. The molecule has 0 saturated heterocycles. The second-order valence-electron chi connectivity index (χ2n) is 6.93. The van der Waals surface area contributed by atoms with E-state index < -0.39 is 11.6 Å². The Morgan fingerprint density at radius 2 is 1.96 bits per heavy atom. The summed E-state index contributed by atoms with van der Waals surface area (Å²) in [4.78, 5) is 0. The first-order valence-electron chi connectivity index (χ1n) is 9.49. The molecule has 5 nitrogen and oxygen atoms in total. The van der Waals surface area contributed by atoms with Gasteiger partial charge in [0.05, 0.1) is 17.9 Å². The van der Waals surface area contributed by atoms with Gasteiger partial charge in [0.1, 0.15) is 18.1 Å². The van der Waals surface area contributed by atoms with Crippen molar-refractivity contribution < 1.29 is 18.3 Å². The average molecular weight is 379 g/mol. The van der Waals surface area contributed by atoms with Crippen LogP contribution in [0.25, 0.3) is 5.69 Å². The van der Waals surface area contributed by atoms with E-state index in [-0.39, 0.29) is 5.69 Å². The third kappa shape index (κ3) is 4.84. The zero-order valence-corrected chi connectivity index (χ0v) is 15.9. The first-order chi connectivity index (χ1) is 13.1. The Kier molecular flexibility index (Phi) is 6.79. The zero-order chi connectivity index (χ0) is 19.2. The molecule has 0 amide bonds. The van der Waals surface area contributed by atoms with Gasteiger partial charge in [-0.2, -0.15) is 9.78 Å². The molecule has 1 heterocycles. The van der Waals surface area contributed by atoms with Gasteiger partial charge in [-0.3, -0.25) is 0 Å². The van der Waals surface area contributed by atoms with Crippen LogP contribution in [0.5, 0.6) is 5.88 Å². The Morgan fingerprint density at radius 3 is 2.67 bits per heavy atom. The molecule has 0 atom stereocenters. The molecular formula is C20H27F2N3O2. The van der Waals surface area contributed by atoms with Crippen molar-refractivity contribution in [3.63, 3.8) is 0 Å². The number of nitrogens with zero attached hydrogens (tertiary/aromatic N) is 2. The second kappa shape index (κ2) is 9.28. The molecule has 148 valence electrons. The number of ether oxygens (including phenoxy) is 2. The molecule has 1 aliphatic rings. The van der Waals surface area contributed by atoms with Crippen LogP contribution in [0.15, 0.2) is 18.2 Å². The molecule has 1 fully saturated rings. The highest BCUT2D eigenvalue weighted by Gasteiger charge is 2.22. The summed E-state index contributed by atoms with van der Waals surface area (Å²) in [7, 11) is 1.59. The lowest BCUT2D eigenvalue weighted by Crippen LogP contribution is -2.30. The largest absolute Gasteiger partial charge is 0.475 e. The van der Waals surface area contributed by atoms with Gasteiger partial charge < -0.3 is 14.8 Å². The molecule has 0 spiro atoms. The van der Waals surface area contributed by atoms with Crippen molar-refractivity contribution in [1.82, 2.24) is 15.1 Å². The van der Waals surface area contributed by atoms with E-state index in [9.17, 15) is 8.78 Å². The van der Waals surface area contributed by atoms with E-state index in [1.54, 1.807) is 7.11 Å². The standard InChI is InChI=1S/C20H27F2N3O2/c1-14-17(13-23-16-6-4-3-5-7-16)20(27-11-10-26-2)25(24-14)19-9-8-15(21)12-18(19)22/h8-9,12,16,23H,3-7,10-11,13H2,1-2H3. The molecule has 3 rings (SSSR count). The molecule has 0 bridgehead atoms. The smallest absolute Gasteiger partial charge is 0.221 e. The summed E-state index contributed by atoms with van der Waals surface area (Å²) >= 11 is 0. The van der Waals surface area contributed by atoms with Crippen LogP contribution in [0, 0.1) is 18.6 Å². The van der Waals surface area contributed by atoms with Crippen LogP contribution in [0.3, 0.4) is 0 Å². The van der Waals surface area contributed by atoms with Crippen molar-refractivity contribution >= 4 is 0 Å². The fourth-order valence-electron chi connectivity index (χ4n) is 3.48. The molecule has 0 unspecified atom stereocenters. The molecule has 0 radical (unpaired) electrons. The molecule has 1 aromatic heterocycles. The second-order valence-corrected chi connectivity index (χ2v) is 6.93. The topological polar surface area (TPSA) is 48.3 Å². The summed E-state index contributed by atoms with van der Waals surface area (Å²) in [5, 5.41) is 8.04. The highest BCUT2D eigenvalue weighted by atomic mass is 19.1. The predicted octanol–water partition coefficient (Wildman–Crippen LogP) is 3.91. The van der Waals surface area contributed by atoms with Crippen LogP contribution in [-0.2, 0) is 11.3 Å². The Morgan fingerprint density at radius 1 is 1.19 bits per heavy atom. The third-order valence-electron chi connectivity index (χ3n) is 4.97. The lowest BCUT2D eigenvalue weighted by Gasteiger charge is -2.23. The lowest BCUT2D eigenvalue weighted by atomic mass is 9.95. The van der Waals surface area contributed by atoms with Crippen LogP contribution in [0.4, 0.5) is 8.78 Å². The maximum Gasteiger partial charge on any atom is 0.221 e. The van der Waals surface area contributed by atoms with Crippen LogP contribution in [-0.4, -0.2) is 36.1 Å². The Bertz CT molecular complexity index is 758. The first kappa shape index (κ1) is 19.8. The average Bonchev–Trinajstić information content (AvgIpc) is 2.96. The van der Waals surface area contributed by atoms with Crippen molar-refractivity contribution in [1.29, 1.82) is 0 Å². The highest BCUT2D eigenvalue weighted by molar-refractivity contribution is 5.42. The maximum absolute atomic E-state index is 14.3. The zero-order valence-electron chi connectivity index (χ0n) is 15.9. The number of hydrogen-bond acceptors (Lipinski definition) is 4. The fourth-order valence-corrected chi connectivity index (χ4v) is 3.48. The van der Waals surface area contributed by atoms with Gasteiger partial charge >= 0.3 is 0 Å². The number of nitrogens with one attached hydrogen (secondary N) is 1. The molecule has 7 heteroatoms. The molecular weight excluding hydrogens is 352 g/mol. The van der Waals surface area contributed by atoms with Crippen LogP contribution < -0.4 is 10.1 Å². The summed E-state index contributed by atoms with van der Waals surface area (Å²) in [5.74, 6) is -0.833. The minimum absolute atomic E-state index is 0.163. The van der Waals surface area contributed by atoms with Gasteiger partial charge in [-0.1, -0.05) is 19.3 Å². The molecule has 2 aromatic rings. The van der Waals surface area contributed by atoms with Gasteiger partial charge in [0.2, 0.25) is 5.88 Å². The Labute approximate surface area is 158 Å². The predicted molar refractivity (Wildman–Crippen MR) is 99.3 cm³/mol. The summed E-state index contributed by atoms with van der Waals surface area (Å²) in [5.41, 5.74) is 1.81. The number of hydrogen-bond donors (Lipinski definition) is 1. The van der Waals surface area contributed by atoms with Crippen LogP contribution in [0.1, 0.15) is 43.4 Å². The highest BCUT2D eigenvalue weighted by Crippen LogP contribution is 2.28. The lowest BCUT2D eigenvalue weighted by molar-refractivity contribution is 0.141. The molecule has 0 aliphatic heterocycles. The van der Waals surface area contributed by atoms with Gasteiger partial charge in [-0.15, -0.1) is 0 Å². The number of aromatic nitrogens is 2. The van der Waals surface area contributed by atoms with E-state index in [1.165, 1.54) is 48.9 Å². The van der Waals surface area contributed by atoms with Crippen molar-refractivity contribution in [3.8, 4) is 11.6 Å². The number of benzene rings is 1. The van der Waals surface area contributed by atoms with Crippen molar-refractivity contribution in [2.45, 2.75) is 51.6 Å². The SMILES string of the molecule is COCCOc1c(CNC2CCCCC2)c(C)nn1-c1ccc(F)cc1F. The quantitative estimate of drug-likeness (QED) is 0.707. The normalized spacial score (nSPS) is 15.3. The van der Waals surface area contributed by atoms with Crippen LogP contribution in [0.2, 0.25) is 0 Å². The van der Waals surface area contributed by atoms with E-state index in [2.05, 4.69) is 10.4 Å². The van der Waals surface area contributed by atoms with Gasteiger partial charge in [-0.25, -0.2) is 8.78 Å². The third-order valence-corrected chi connectivity index (χ3v) is 4.97. The first-order valence-corrected chi connectivity index (χ1v) is 9.49. The summed E-state index contributed by atoms with van der Waals surface area (Å²) in [6.07, 6.45) is 6.12. The minimum Gasteiger partial charge on any atom is -0.475 e. The minimum atomic E-state index is -0.680. The number of rotatable bonds is 8. The van der Waals surface area contributed by atoms with Crippen LogP contribution >= 0.6 is 0 Å². The van der Waals surface area contributed by atoms with E-state index in [4.69, 9.17) is 9.47 Å². The molecule has 1 N–H and O–H groups in total. The van der Waals surface area contributed by atoms with Crippen molar-refractivity contribution in [2.75, 3.05) is 20.3 Å². The van der Waals surface area contributed by atoms with Gasteiger partial charge in [0, 0.05) is 25.8 Å². The van der Waals surface area contributed by atoms with Crippen molar-refractivity contribution in [2.24, 2.45) is 0 Å². The van der Waals surface area contributed by atoms with E-state index in [1.807, 2.05) is 6.92 Å². The number of aryl methyl sites for hydroxylation is 1. The van der Waals surface area contributed by atoms with E-state index in [0.29, 0.717) is 31.7 Å². The molecule has 1 saturated carbocycles. The van der Waals surface area contributed by atoms with Gasteiger partial charge in [0.25, 0.3) is 0 Å². The summed E-state index contributed by atoms with van der Waals surface area (Å²) in [6, 6.07) is 3.92. The van der Waals surface area contributed by atoms with Crippen molar-refractivity contribution in [3.05, 3.63) is 41.1 Å². The summed E-state index contributed by atoms with van der Waals surface area (Å²) in [6.45, 7) is 3.20.